The lowest BCUT2D eigenvalue weighted by Crippen LogP contribution is -2.24. The van der Waals surface area contributed by atoms with E-state index in [4.69, 9.17) is 0 Å². The number of carbonyl (C=O) groups is 1. The molecule has 0 aliphatic carbocycles. The summed E-state index contributed by atoms with van der Waals surface area (Å²) in [6, 6.07) is 6.42. The van der Waals surface area contributed by atoms with Crippen molar-refractivity contribution in [1.82, 2.24) is 9.78 Å². The van der Waals surface area contributed by atoms with Crippen LogP contribution in [0, 0.1) is 13.8 Å². The molecular weight excluding hydrogens is 340 g/mol. The van der Waals surface area contributed by atoms with Crippen LogP contribution in [0.1, 0.15) is 35.1 Å². The zero-order valence-corrected chi connectivity index (χ0v) is 16.0. The van der Waals surface area contributed by atoms with E-state index >= 15 is 0 Å². The lowest BCUT2D eigenvalue weighted by Gasteiger charge is -2.16. The van der Waals surface area contributed by atoms with Gasteiger partial charge in [-0.3, -0.25) is 13.8 Å². The van der Waals surface area contributed by atoms with Gasteiger partial charge in [0.25, 0.3) is 5.91 Å². The van der Waals surface area contributed by atoms with Crippen molar-refractivity contribution in [1.29, 1.82) is 0 Å². The van der Waals surface area contributed by atoms with Crippen LogP contribution in [-0.2, 0) is 16.6 Å². The highest BCUT2D eigenvalue weighted by Crippen LogP contribution is 2.22. The topological polar surface area (TPSA) is 84.3 Å². The number of benzene rings is 1. The van der Waals surface area contributed by atoms with Gasteiger partial charge in [0.1, 0.15) is 0 Å². The minimum Gasteiger partial charge on any atom is -0.319 e. The fourth-order valence-corrected chi connectivity index (χ4v) is 3.01. The SMILES string of the molecule is CCCn1nc(C)c(NC(=O)c2ccc(N(C)S(C)(=O)=O)cc2)c1C. The van der Waals surface area contributed by atoms with Crippen LogP contribution in [0.15, 0.2) is 24.3 Å². The van der Waals surface area contributed by atoms with Crippen LogP contribution in [0.25, 0.3) is 0 Å². The zero-order valence-electron chi connectivity index (χ0n) is 15.2. The number of hydrogen-bond donors (Lipinski definition) is 1. The van der Waals surface area contributed by atoms with E-state index in [1.54, 1.807) is 24.3 Å². The van der Waals surface area contributed by atoms with E-state index in [9.17, 15) is 13.2 Å². The first-order chi connectivity index (χ1) is 11.6. The summed E-state index contributed by atoms with van der Waals surface area (Å²) in [5.74, 6) is -0.254. The van der Waals surface area contributed by atoms with Crippen molar-refractivity contribution >= 4 is 27.3 Å². The van der Waals surface area contributed by atoms with E-state index in [1.165, 1.54) is 7.05 Å². The van der Waals surface area contributed by atoms with Crippen LogP contribution in [0.5, 0.6) is 0 Å². The minimum atomic E-state index is -3.33. The second-order valence-electron chi connectivity index (χ2n) is 6.00. The zero-order chi connectivity index (χ0) is 18.8. The summed E-state index contributed by atoms with van der Waals surface area (Å²) in [6.45, 7) is 6.66. The van der Waals surface area contributed by atoms with E-state index in [2.05, 4.69) is 17.3 Å². The summed E-state index contributed by atoms with van der Waals surface area (Å²) in [4.78, 5) is 12.5. The predicted octanol–water partition coefficient (Wildman–Crippen LogP) is 2.56. The summed E-state index contributed by atoms with van der Waals surface area (Å²) in [7, 11) is -1.86. The Morgan fingerprint density at radius 1 is 1.24 bits per heavy atom. The average molecular weight is 364 g/mol. The molecule has 0 fully saturated rings. The molecule has 1 heterocycles. The number of amides is 1. The van der Waals surface area contributed by atoms with E-state index < -0.39 is 10.0 Å². The first kappa shape index (κ1) is 19.0. The summed E-state index contributed by atoms with van der Waals surface area (Å²) < 4.78 is 26.2. The Morgan fingerprint density at radius 3 is 2.36 bits per heavy atom. The van der Waals surface area contributed by atoms with Crippen LogP contribution in [0.3, 0.4) is 0 Å². The molecule has 0 aliphatic rings. The molecule has 0 atom stereocenters. The quantitative estimate of drug-likeness (QED) is 0.854. The third-order valence-corrected chi connectivity index (χ3v) is 5.25. The molecule has 1 amide bonds. The van der Waals surface area contributed by atoms with E-state index in [-0.39, 0.29) is 5.91 Å². The molecule has 0 saturated heterocycles. The Kier molecular flexibility index (Phi) is 5.52. The molecular formula is C17H24N4O3S. The monoisotopic (exact) mass is 364 g/mol. The fourth-order valence-electron chi connectivity index (χ4n) is 2.51. The molecule has 2 rings (SSSR count). The summed E-state index contributed by atoms with van der Waals surface area (Å²) in [5, 5.41) is 7.34. The van der Waals surface area contributed by atoms with Crippen molar-refractivity contribution < 1.29 is 13.2 Å². The molecule has 1 aromatic carbocycles. The summed E-state index contributed by atoms with van der Waals surface area (Å²) >= 11 is 0. The molecule has 0 unspecified atom stereocenters. The minimum absolute atomic E-state index is 0.254. The number of anilines is 2. The Balaban J connectivity index is 2.20. The Labute approximate surface area is 148 Å². The van der Waals surface area contributed by atoms with Gasteiger partial charge in [0, 0.05) is 19.2 Å². The van der Waals surface area contributed by atoms with Crippen LogP contribution in [-0.4, -0.2) is 37.4 Å². The maximum atomic E-state index is 12.5. The normalized spacial score (nSPS) is 11.4. The number of hydrogen-bond acceptors (Lipinski definition) is 4. The van der Waals surface area contributed by atoms with Crippen molar-refractivity contribution in [3.63, 3.8) is 0 Å². The molecule has 1 aromatic heterocycles. The molecule has 136 valence electrons. The Hall–Kier alpha value is -2.35. The second-order valence-corrected chi connectivity index (χ2v) is 8.01. The van der Waals surface area contributed by atoms with Gasteiger partial charge >= 0.3 is 0 Å². The van der Waals surface area contributed by atoms with Gasteiger partial charge in [-0.2, -0.15) is 5.10 Å². The average Bonchev–Trinajstić information content (AvgIpc) is 2.81. The van der Waals surface area contributed by atoms with Crippen LogP contribution in [0.4, 0.5) is 11.4 Å². The first-order valence-corrected chi connectivity index (χ1v) is 9.89. The molecule has 25 heavy (non-hydrogen) atoms. The fraction of sp³-hybridized carbons (Fsp3) is 0.412. The molecule has 0 saturated carbocycles. The van der Waals surface area contributed by atoms with E-state index in [0.29, 0.717) is 11.3 Å². The number of carbonyl (C=O) groups excluding carboxylic acids is 1. The van der Waals surface area contributed by atoms with Crippen molar-refractivity contribution in [2.45, 2.75) is 33.7 Å². The molecule has 1 N–H and O–H groups in total. The summed E-state index contributed by atoms with van der Waals surface area (Å²) in [6.07, 6.45) is 2.10. The number of rotatable bonds is 6. The van der Waals surface area contributed by atoms with Crippen LogP contribution < -0.4 is 9.62 Å². The van der Waals surface area contributed by atoms with Crippen LogP contribution in [0.2, 0.25) is 0 Å². The number of nitrogens with one attached hydrogen (secondary N) is 1. The smallest absolute Gasteiger partial charge is 0.255 e. The maximum Gasteiger partial charge on any atom is 0.255 e. The van der Waals surface area contributed by atoms with Crippen molar-refractivity contribution in [2.24, 2.45) is 0 Å². The molecule has 0 spiro atoms. The van der Waals surface area contributed by atoms with E-state index in [0.717, 1.165) is 40.6 Å². The maximum absolute atomic E-state index is 12.5. The van der Waals surface area contributed by atoms with Crippen molar-refractivity contribution in [2.75, 3.05) is 22.9 Å². The Bertz CT molecular complexity index is 870. The van der Waals surface area contributed by atoms with Gasteiger partial charge in [0.2, 0.25) is 10.0 Å². The lowest BCUT2D eigenvalue weighted by atomic mass is 10.2. The van der Waals surface area contributed by atoms with Crippen molar-refractivity contribution in [3.05, 3.63) is 41.2 Å². The number of sulfonamides is 1. The highest BCUT2D eigenvalue weighted by molar-refractivity contribution is 7.92. The first-order valence-electron chi connectivity index (χ1n) is 8.04. The predicted molar refractivity (Wildman–Crippen MR) is 99.6 cm³/mol. The molecule has 0 radical (unpaired) electrons. The molecule has 0 aliphatic heterocycles. The second kappa shape index (κ2) is 7.26. The van der Waals surface area contributed by atoms with Gasteiger partial charge < -0.3 is 5.32 Å². The highest BCUT2D eigenvalue weighted by Gasteiger charge is 2.16. The number of nitrogens with zero attached hydrogens (tertiary/aromatic N) is 3. The lowest BCUT2D eigenvalue weighted by molar-refractivity contribution is 0.102. The summed E-state index contributed by atoms with van der Waals surface area (Å²) in [5.41, 5.74) is 3.36. The number of aryl methyl sites for hydroxylation is 2. The Morgan fingerprint density at radius 2 is 1.84 bits per heavy atom. The van der Waals surface area contributed by atoms with Gasteiger partial charge in [-0.05, 0) is 44.5 Å². The van der Waals surface area contributed by atoms with E-state index in [1.807, 2.05) is 18.5 Å². The van der Waals surface area contributed by atoms with Gasteiger partial charge in [-0.15, -0.1) is 0 Å². The highest BCUT2D eigenvalue weighted by atomic mass is 32.2. The van der Waals surface area contributed by atoms with Crippen molar-refractivity contribution in [3.8, 4) is 0 Å². The van der Waals surface area contributed by atoms with Crippen LogP contribution >= 0.6 is 0 Å². The third-order valence-electron chi connectivity index (χ3n) is 4.05. The van der Waals surface area contributed by atoms with Gasteiger partial charge in [0.15, 0.2) is 0 Å². The molecule has 0 bridgehead atoms. The largest absolute Gasteiger partial charge is 0.319 e. The molecule has 8 heteroatoms. The van der Waals surface area contributed by atoms with Gasteiger partial charge in [-0.1, -0.05) is 6.92 Å². The van der Waals surface area contributed by atoms with Gasteiger partial charge in [0.05, 0.1) is 29.0 Å². The molecule has 7 nitrogen and oxygen atoms in total. The third kappa shape index (κ3) is 4.19. The molecule has 2 aromatic rings. The van der Waals surface area contributed by atoms with Gasteiger partial charge in [-0.25, -0.2) is 8.42 Å². The standard InChI is InChI=1S/C17H24N4O3S/c1-6-11-21-13(3)16(12(2)19-21)18-17(22)14-7-9-15(10-8-14)20(4)25(5,23)24/h7-10H,6,11H2,1-5H3,(H,18,22). The number of aromatic nitrogens is 2.